The Labute approximate surface area is 201 Å². The second kappa shape index (κ2) is 9.31. The number of amides is 1. The van der Waals surface area contributed by atoms with Gasteiger partial charge in [0.15, 0.2) is 5.65 Å². The Balaban J connectivity index is 1.87. The molecule has 2 aromatic rings. The summed E-state index contributed by atoms with van der Waals surface area (Å²) in [6.45, 7) is 10.9. The molecule has 1 atom stereocenters. The zero-order chi connectivity index (χ0) is 25.4. The van der Waals surface area contributed by atoms with Crippen LogP contribution in [0.1, 0.15) is 78.5 Å². The fraction of sp³-hybridized carbons (Fsp3) is 0.652. The first-order chi connectivity index (χ1) is 15.6. The van der Waals surface area contributed by atoms with Gasteiger partial charge in [-0.1, -0.05) is 0 Å². The van der Waals surface area contributed by atoms with Crippen LogP contribution in [0.4, 0.5) is 13.6 Å². The van der Waals surface area contributed by atoms with Gasteiger partial charge >= 0.3 is 6.09 Å². The first kappa shape index (κ1) is 26.2. The van der Waals surface area contributed by atoms with E-state index < -0.39 is 38.7 Å². The van der Waals surface area contributed by atoms with Gasteiger partial charge in [-0.3, -0.25) is 0 Å². The highest BCUT2D eigenvalue weighted by molar-refractivity contribution is 7.85. The number of nitrogens with one attached hydrogen (secondary N) is 1. The summed E-state index contributed by atoms with van der Waals surface area (Å²) in [6.07, 6.45) is 3.78. The number of nitrogens with zero attached hydrogens (tertiary/aromatic N) is 4. The molecule has 1 aliphatic carbocycles. The summed E-state index contributed by atoms with van der Waals surface area (Å²) >= 11 is 0. The molecule has 1 fully saturated rings. The number of fused-ring (bicyclic) bond motifs is 1. The van der Waals surface area contributed by atoms with Crippen LogP contribution < -0.4 is 5.32 Å². The van der Waals surface area contributed by atoms with Crippen molar-refractivity contribution < 1.29 is 22.5 Å². The van der Waals surface area contributed by atoms with Crippen molar-refractivity contribution in [3.8, 4) is 0 Å². The lowest BCUT2D eigenvalue weighted by Gasteiger charge is -2.38. The lowest BCUT2D eigenvalue weighted by Crippen LogP contribution is -2.45. The van der Waals surface area contributed by atoms with Crippen LogP contribution in [0.25, 0.3) is 5.65 Å². The molecule has 2 heterocycles. The summed E-state index contributed by atoms with van der Waals surface area (Å²) in [7, 11) is -1.41. The van der Waals surface area contributed by atoms with E-state index >= 15 is 0 Å². The second-order valence-corrected chi connectivity index (χ2v) is 12.8. The Kier molecular flexibility index (Phi) is 7.17. The molecule has 0 bridgehead atoms. The van der Waals surface area contributed by atoms with Crippen molar-refractivity contribution in [2.75, 3.05) is 6.61 Å². The highest BCUT2D eigenvalue weighted by Crippen LogP contribution is 2.45. The third kappa shape index (κ3) is 6.58. The highest BCUT2D eigenvalue weighted by Gasteiger charge is 2.46. The minimum absolute atomic E-state index is 0.0618. The monoisotopic (exact) mass is 497 g/mol. The molecule has 0 aromatic carbocycles. The number of rotatable bonds is 5. The normalized spacial score (nSPS) is 19.3. The first-order valence-corrected chi connectivity index (χ1v) is 12.3. The van der Waals surface area contributed by atoms with Crippen molar-refractivity contribution in [1.29, 1.82) is 0 Å². The third-order valence-corrected chi connectivity index (χ3v) is 6.95. The van der Waals surface area contributed by atoms with E-state index in [4.69, 9.17) is 4.74 Å². The van der Waals surface area contributed by atoms with E-state index in [2.05, 4.69) is 19.8 Å². The van der Waals surface area contributed by atoms with Crippen molar-refractivity contribution in [2.24, 2.45) is 4.40 Å². The average Bonchev–Trinajstić information content (AvgIpc) is 3.13. The molecule has 0 saturated heterocycles. The number of carbonyl (C=O) groups excluding carboxylic acids is 1. The molecule has 1 amide bonds. The molecule has 0 spiro atoms. The first-order valence-electron chi connectivity index (χ1n) is 11.2. The lowest BCUT2D eigenvalue weighted by molar-refractivity contribution is -0.0605. The van der Waals surface area contributed by atoms with Crippen LogP contribution in [0, 0.1) is 0 Å². The number of aromatic nitrogens is 3. The zero-order valence-electron chi connectivity index (χ0n) is 20.5. The molecule has 8 nitrogen and oxygen atoms in total. The number of halogens is 2. The minimum atomic E-state index is -2.75. The van der Waals surface area contributed by atoms with Crippen molar-refractivity contribution >= 4 is 28.9 Å². The third-order valence-electron chi connectivity index (χ3n) is 5.60. The van der Waals surface area contributed by atoms with E-state index in [-0.39, 0.29) is 32.3 Å². The maximum Gasteiger partial charge on any atom is 0.407 e. The van der Waals surface area contributed by atoms with Crippen LogP contribution in [0.2, 0.25) is 0 Å². The minimum Gasteiger partial charge on any atom is -0.449 e. The molecule has 0 aliphatic heterocycles. The number of alkyl halides is 2. The van der Waals surface area contributed by atoms with E-state index in [9.17, 15) is 17.8 Å². The topological polar surface area (TPSA) is 98.0 Å². The van der Waals surface area contributed by atoms with Crippen LogP contribution in [-0.2, 0) is 21.1 Å². The second-order valence-electron chi connectivity index (χ2n) is 10.9. The number of hydrogen-bond acceptors (Lipinski definition) is 5. The Morgan fingerprint density at radius 3 is 2.47 bits per heavy atom. The predicted octanol–water partition coefficient (Wildman–Crippen LogP) is 4.58. The van der Waals surface area contributed by atoms with Crippen molar-refractivity contribution in [3.05, 3.63) is 29.7 Å². The Morgan fingerprint density at radius 2 is 1.88 bits per heavy atom. The van der Waals surface area contributed by atoms with Gasteiger partial charge in [0.1, 0.15) is 17.6 Å². The Hall–Kier alpha value is -2.43. The Bertz CT molecular complexity index is 1090. The molecule has 1 aliphatic rings. The predicted molar refractivity (Wildman–Crippen MR) is 128 cm³/mol. The number of carbonyl (C=O) groups is 1. The summed E-state index contributed by atoms with van der Waals surface area (Å²) < 4.78 is 50.8. The molecular formula is C23H33F2N5O3S. The van der Waals surface area contributed by atoms with Crippen molar-refractivity contribution in [2.45, 2.75) is 88.8 Å². The van der Waals surface area contributed by atoms with Gasteiger partial charge in [0, 0.05) is 35.6 Å². The van der Waals surface area contributed by atoms with Gasteiger partial charge < -0.3 is 10.1 Å². The lowest BCUT2D eigenvalue weighted by atomic mass is 9.71. The van der Waals surface area contributed by atoms with Crippen LogP contribution >= 0.6 is 0 Å². The molecule has 2 aromatic heterocycles. The number of imidazole rings is 1. The van der Waals surface area contributed by atoms with Gasteiger partial charge in [-0.05, 0) is 60.5 Å². The molecule has 1 N–H and O–H groups in total. The molecule has 1 unspecified atom stereocenters. The van der Waals surface area contributed by atoms with Gasteiger partial charge in [-0.15, -0.1) is 0 Å². The van der Waals surface area contributed by atoms with Gasteiger partial charge in [-0.2, -0.15) is 9.50 Å². The maximum absolute atomic E-state index is 14.0. The van der Waals surface area contributed by atoms with Gasteiger partial charge in [0.2, 0.25) is 5.92 Å². The zero-order valence-corrected chi connectivity index (χ0v) is 21.3. The van der Waals surface area contributed by atoms with Crippen LogP contribution in [0.3, 0.4) is 0 Å². The molecule has 3 rings (SSSR count). The summed E-state index contributed by atoms with van der Waals surface area (Å²) in [5.74, 6) is -2.75. The summed E-state index contributed by atoms with van der Waals surface area (Å²) in [5, 5.41) is 7.06. The largest absolute Gasteiger partial charge is 0.449 e. The number of alkyl carbamates (subject to hydrolysis) is 1. The Morgan fingerprint density at radius 1 is 1.24 bits per heavy atom. The van der Waals surface area contributed by atoms with Crippen LogP contribution in [-0.4, -0.2) is 53.9 Å². The molecule has 0 radical (unpaired) electrons. The van der Waals surface area contributed by atoms with E-state index in [0.29, 0.717) is 16.9 Å². The van der Waals surface area contributed by atoms with Crippen LogP contribution in [0.15, 0.2) is 22.9 Å². The quantitative estimate of drug-likeness (QED) is 0.610. The van der Waals surface area contributed by atoms with Crippen molar-refractivity contribution in [1.82, 2.24) is 19.9 Å². The van der Waals surface area contributed by atoms with Crippen molar-refractivity contribution in [3.63, 3.8) is 0 Å². The summed E-state index contributed by atoms with van der Waals surface area (Å²) in [5.41, 5.74) is 0.341. The fourth-order valence-electron chi connectivity index (χ4n) is 3.60. The number of hydrogen-bond donors (Lipinski definition) is 1. The van der Waals surface area contributed by atoms with Crippen LogP contribution in [0.5, 0.6) is 0 Å². The van der Waals surface area contributed by atoms with Gasteiger partial charge in [0.25, 0.3) is 0 Å². The highest BCUT2D eigenvalue weighted by atomic mass is 32.2. The SMILES string of the molecule is CC(C)(C)NC(=O)OCC1(c2cn3ncc(/C=N/S(=O)C(C)(C)C)cc3n2)CCC(F)(F)CC1. The molecule has 34 heavy (non-hydrogen) atoms. The van der Waals surface area contributed by atoms with E-state index in [1.807, 2.05) is 41.5 Å². The molecule has 188 valence electrons. The van der Waals surface area contributed by atoms with E-state index in [0.717, 1.165) is 0 Å². The average molecular weight is 498 g/mol. The molecule has 1 saturated carbocycles. The van der Waals surface area contributed by atoms with Gasteiger partial charge in [0.05, 0.1) is 22.8 Å². The standard InChI is InChI=1S/C23H33F2N5O3S/c1-20(2,3)29-19(31)33-15-22(7-9-23(24,25)10-8-22)17-14-30-18(28-17)11-16(12-26-30)13-27-34(32)21(4,5)6/h11-14H,7-10,15H2,1-6H3,(H,29,31)/b27-13+. The summed E-state index contributed by atoms with van der Waals surface area (Å²) in [6, 6.07) is 1.73. The van der Waals surface area contributed by atoms with E-state index in [1.165, 1.54) is 6.21 Å². The smallest absolute Gasteiger partial charge is 0.407 e. The summed E-state index contributed by atoms with van der Waals surface area (Å²) in [4.78, 5) is 16.9. The maximum atomic E-state index is 14.0. The molecule has 11 heteroatoms. The fourth-order valence-corrected chi connectivity index (χ4v) is 4.13. The number of ether oxygens (including phenoxy) is 1. The van der Waals surface area contributed by atoms with E-state index in [1.54, 1.807) is 23.0 Å². The van der Waals surface area contributed by atoms with Gasteiger partial charge in [-0.25, -0.2) is 27.3 Å². The molecular weight excluding hydrogens is 464 g/mol.